The molecule has 0 radical (unpaired) electrons. The molecule has 0 aromatic carbocycles. The van der Waals surface area contributed by atoms with Gasteiger partial charge >= 0.3 is 0 Å². The van der Waals surface area contributed by atoms with Gasteiger partial charge in [-0.25, -0.2) is 10.1 Å². The number of aromatic nitrogens is 4. The minimum absolute atomic E-state index is 0.0242. The lowest BCUT2D eigenvalue weighted by atomic mass is 10.5. The summed E-state index contributed by atoms with van der Waals surface area (Å²) < 4.78 is 0. The van der Waals surface area contributed by atoms with Crippen LogP contribution in [0.4, 0.5) is 11.9 Å². The van der Waals surface area contributed by atoms with Crippen molar-refractivity contribution >= 4 is 23.2 Å². The number of aromatic amines is 1. The van der Waals surface area contributed by atoms with Crippen LogP contribution in [-0.2, 0) is 13.2 Å². The maximum Gasteiger partial charge on any atom is 0.245 e. The number of aliphatic hydroxyl groups is 1. The molecule has 0 aliphatic rings. The molecule has 0 aliphatic carbocycles. The first-order valence-corrected chi connectivity index (χ1v) is 5.94. The van der Waals surface area contributed by atoms with Crippen LogP contribution in [0.1, 0.15) is 10.7 Å². The topological polar surface area (TPSA) is 90.0 Å². The van der Waals surface area contributed by atoms with Gasteiger partial charge in [0.05, 0.1) is 18.8 Å². The van der Waals surface area contributed by atoms with E-state index in [4.69, 9.17) is 5.11 Å². The van der Waals surface area contributed by atoms with E-state index in [0.717, 1.165) is 5.01 Å². The molecule has 2 rings (SSSR count). The number of H-pyrrole nitrogens is 1. The van der Waals surface area contributed by atoms with Crippen molar-refractivity contribution in [1.82, 2.24) is 20.2 Å². The van der Waals surface area contributed by atoms with E-state index in [-0.39, 0.29) is 6.61 Å². The number of rotatable bonds is 5. The summed E-state index contributed by atoms with van der Waals surface area (Å²) in [6, 6.07) is 0. The van der Waals surface area contributed by atoms with Crippen LogP contribution < -0.4 is 10.2 Å². The second-order valence-corrected chi connectivity index (χ2v) is 4.57. The third kappa shape index (κ3) is 2.92. The molecule has 2 aromatic heterocycles. The summed E-state index contributed by atoms with van der Waals surface area (Å²) in [7, 11) is 3.75. The van der Waals surface area contributed by atoms with Crippen molar-refractivity contribution in [3.8, 4) is 0 Å². The van der Waals surface area contributed by atoms with Gasteiger partial charge in [-0.15, -0.1) is 16.4 Å². The summed E-state index contributed by atoms with van der Waals surface area (Å²) in [6.07, 6.45) is 0. The summed E-state index contributed by atoms with van der Waals surface area (Å²) in [5, 5.41) is 21.5. The van der Waals surface area contributed by atoms with Crippen molar-refractivity contribution < 1.29 is 5.11 Å². The molecule has 0 amide bonds. The molecular formula is C9H14N6OS. The number of nitrogens with one attached hydrogen (secondary N) is 2. The average molecular weight is 254 g/mol. The zero-order valence-corrected chi connectivity index (χ0v) is 10.5. The minimum atomic E-state index is -0.0242. The predicted molar refractivity (Wildman–Crippen MR) is 66.1 cm³/mol. The Morgan fingerprint density at radius 3 is 2.88 bits per heavy atom. The van der Waals surface area contributed by atoms with Crippen molar-refractivity contribution in [1.29, 1.82) is 0 Å². The van der Waals surface area contributed by atoms with Gasteiger partial charge in [-0.3, -0.25) is 0 Å². The van der Waals surface area contributed by atoms with E-state index in [9.17, 15) is 0 Å². The van der Waals surface area contributed by atoms with Gasteiger partial charge in [-0.05, 0) is 0 Å². The van der Waals surface area contributed by atoms with Gasteiger partial charge in [0.25, 0.3) is 0 Å². The fraction of sp³-hybridized carbons (Fsp3) is 0.444. The van der Waals surface area contributed by atoms with Gasteiger partial charge in [-0.1, -0.05) is 0 Å². The number of hydrogen-bond donors (Lipinski definition) is 3. The first kappa shape index (κ1) is 11.8. The van der Waals surface area contributed by atoms with E-state index in [1.807, 2.05) is 24.4 Å². The molecule has 17 heavy (non-hydrogen) atoms. The maximum atomic E-state index is 8.89. The van der Waals surface area contributed by atoms with Crippen LogP contribution in [0.3, 0.4) is 0 Å². The average Bonchev–Trinajstić information content (AvgIpc) is 2.95. The van der Waals surface area contributed by atoms with Crippen molar-refractivity contribution in [2.24, 2.45) is 0 Å². The molecule has 0 spiro atoms. The Morgan fingerprint density at radius 2 is 2.29 bits per heavy atom. The molecule has 0 unspecified atom stereocenters. The van der Waals surface area contributed by atoms with Gasteiger partial charge in [-0.2, -0.15) is 4.98 Å². The van der Waals surface area contributed by atoms with Crippen LogP contribution in [0, 0.1) is 0 Å². The molecule has 0 atom stereocenters. The van der Waals surface area contributed by atoms with Crippen molar-refractivity contribution in [3.63, 3.8) is 0 Å². The maximum absolute atomic E-state index is 8.89. The zero-order chi connectivity index (χ0) is 12.3. The Morgan fingerprint density at radius 1 is 1.47 bits per heavy atom. The SMILES string of the molecule is CN(C)c1n[nH]c(NCc2nc(CO)cs2)n1. The first-order chi connectivity index (χ1) is 8.19. The lowest BCUT2D eigenvalue weighted by Crippen LogP contribution is -2.10. The van der Waals surface area contributed by atoms with Crippen LogP contribution in [0.5, 0.6) is 0 Å². The predicted octanol–water partition coefficient (Wildman–Crippen LogP) is 0.432. The van der Waals surface area contributed by atoms with Crippen LogP contribution in [0.15, 0.2) is 5.38 Å². The molecule has 0 aliphatic heterocycles. The molecule has 2 heterocycles. The van der Waals surface area contributed by atoms with Gasteiger partial charge in [0.2, 0.25) is 11.9 Å². The van der Waals surface area contributed by atoms with E-state index in [1.165, 1.54) is 11.3 Å². The van der Waals surface area contributed by atoms with Crippen LogP contribution >= 0.6 is 11.3 Å². The summed E-state index contributed by atoms with van der Waals surface area (Å²) in [4.78, 5) is 10.3. The van der Waals surface area contributed by atoms with E-state index in [0.29, 0.717) is 24.1 Å². The Balaban J connectivity index is 1.92. The Bertz CT molecular complexity index is 479. The second-order valence-electron chi connectivity index (χ2n) is 3.62. The quantitative estimate of drug-likeness (QED) is 0.717. The van der Waals surface area contributed by atoms with Gasteiger partial charge in [0.1, 0.15) is 5.01 Å². The van der Waals surface area contributed by atoms with Gasteiger partial charge < -0.3 is 15.3 Å². The van der Waals surface area contributed by atoms with Crippen molar-refractivity contribution in [2.75, 3.05) is 24.3 Å². The van der Waals surface area contributed by atoms with Crippen molar-refractivity contribution in [2.45, 2.75) is 13.2 Å². The second kappa shape index (κ2) is 5.11. The first-order valence-electron chi connectivity index (χ1n) is 5.07. The molecule has 92 valence electrons. The standard InChI is InChI=1S/C9H14N6OS/c1-15(2)9-12-8(13-14-9)10-3-7-11-6(4-16)5-17-7/h5,16H,3-4H2,1-2H3,(H2,10,12,13,14). The smallest absolute Gasteiger partial charge is 0.245 e. The van der Waals surface area contributed by atoms with Crippen LogP contribution in [-0.4, -0.2) is 39.4 Å². The van der Waals surface area contributed by atoms with E-state index >= 15 is 0 Å². The highest BCUT2D eigenvalue weighted by molar-refractivity contribution is 7.09. The normalized spacial score (nSPS) is 10.5. The summed E-state index contributed by atoms with van der Waals surface area (Å²) in [6.45, 7) is 0.538. The zero-order valence-electron chi connectivity index (χ0n) is 9.64. The Hall–Kier alpha value is -1.67. The number of thiazole rings is 1. The largest absolute Gasteiger partial charge is 0.390 e. The summed E-state index contributed by atoms with van der Waals surface area (Å²) >= 11 is 1.50. The fourth-order valence-corrected chi connectivity index (χ4v) is 1.92. The van der Waals surface area contributed by atoms with E-state index < -0.39 is 0 Å². The number of anilines is 2. The van der Waals surface area contributed by atoms with Crippen LogP contribution in [0.25, 0.3) is 0 Å². The van der Waals surface area contributed by atoms with E-state index in [1.54, 1.807) is 0 Å². The fourth-order valence-electron chi connectivity index (χ4n) is 1.19. The summed E-state index contributed by atoms with van der Waals surface area (Å²) in [5.74, 6) is 1.23. The molecule has 0 bridgehead atoms. The van der Waals surface area contributed by atoms with Crippen molar-refractivity contribution in [3.05, 3.63) is 16.1 Å². The third-order valence-electron chi connectivity index (χ3n) is 2.04. The highest BCUT2D eigenvalue weighted by atomic mass is 32.1. The number of hydrogen-bond acceptors (Lipinski definition) is 7. The van der Waals surface area contributed by atoms with Crippen LogP contribution in [0.2, 0.25) is 0 Å². The highest BCUT2D eigenvalue weighted by Crippen LogP contribution is 2.12. The molecular weight excluding hydrogens is 240 g/mol. The molecule has 0 fully saturated rings. The van der Waals surface area contributed by atoms with Gasteiger partial charge in [0.15, 0.2) is 0 Å². The molecule has 3 N–H and O–H groups in total. The number of nitrogens with zero attached hydrogens (tertiary/aromatic N) is 4. The molecule has 0 saturated heterocycles. The Labute approximate surface area is 103 Å². The minimum Gasteiger partial charge on any atom is -0.390 e. The third-order valence-corrected chi connectivity index (χ3v) is 2.94. The van der Waals surface area contributed by atoms with Gasteiger partial charge in [0, 0.05) is 19.5 Å². The summed E-state index contributed by atoms with van der Waals surface area (Å²) in [5.41, 5.74) is 0.693. The molecule has 0 saturated carbocycles. The highest BCUT2D eigenvalue weighted by Gasteiger charge is 2.05. The molecule has 2 aromatic rings. The number of aliphatic hydroxyl groups excluding tert-OH is 1. The lowest BCUT2D eigenvalue weighted by molar-refractivity contribution is 0.277. The monoisotopic (exact) mass is 254 g/mol. The lowest BCUT2D eigenvalue weighted by Gasteiger charge is -2.03. The molecule has 7 nitrogen and oxygen atoms in total. The van der Waals surface area contributed by atoms with E-state index in [2.05, 4.69) is 25.5 Å². The Kier molecular flexibility index (Phi) is 3.55. The molecule has 8 heteroatoms.